The Morgan fingerprint density at radius 2 is 2.17 bits per heavy atom. The molecular formula is C18H24N2O4. The van der Waals surface area contributed by atoms with Crippen LogP contribution in [0.25, 0.3) is 0 Å². The fourth-order valence-electron chi connectivity index (χ4n) is 2.30. The van der Waals surface area contributed by atoms with E-state index < -0.39 is 6.10 Å². The van der Waals surface area contributed by atoms with E-state index in [4.69, 9.17) is 9.15 Å². The van der Waals surface area contributed by atoms with Crippen molar-refractivity contribution in [2.75, 3.05) is 13.2 Å². The van der Waals surface area contributed by atoms with E-state index >= 15 is 0 Å². The summed E-state index contributed by atoms with van der Waals surface area (Å²) in [4.78, 5) is 11.8. The number of aryl methyl sites for hydroxylation is 1. The fourth-order valence-corrected chi connectivity index (χ4v) is 2.30. The molecule has 3 N–H and O–H groups in total. The Labute approximate surface area is 141 Å². The summed E-state index contributed by atoms with van der Waals surface area (Å²) >= 11 is 0. The van der Waals surface area contributed by atoms with Crippen LogP contribution in [-0.4, -0.2) is 30.3 Å². The number of urea groups is 1. The van der Waals surface area contributed by atoms with Crippen LogP contribution in [0.2, 0.25) is 0 Å². The number of aliphatic hydroxyl groups is 1. The third-order valence-corrected chi connectivity index (χ3v) is 3.47. The fraction of sp³-hybridized carbons (Fsp3) is 0.389. The molecule has 2 atom stereocenters. The molecule has 0 aliphatic carbocycles. The van der Waals surface area contributed by atoms with Crippen molar-refractivity contribution >= 4 is 6.03 Å². The molecule has 2 rings (SSSR count). The molecule has 0 fully saturated rings. The van der Waals surface area contributed by atoms with Gasteiger partial charge in [-0.15, -0.1) is 0 Å². The normalized spacial score (nSPS) is 13.1. The van der Waals surface area contributed by atoms with E-state index in [1.807, 2.05) is 38.1 Å². The van der Waals surface area contributed by atoms with Gasteiger partial charge in [-0.05, 0) is 43.7 Å². The maximum absolute atomic E-state index is 11.8. The first-order valence-corrected chi connectivity index (χ1v) is 8.00. The van der Waals surface area contributed by atoms with Crippen molar-refractivity contribution in [3.63, 3.8) is 0 Å². The van der Waals surface area contributed by atoms with Gasteiger partial charge in [0.05, 0.1) is 12.8 Å². The SMILES string of the molecule is Cc1cccc(OCCNC(=O)NC(C)CC(O)c2ccco2)c1. The maximum Gasteiger partial charge on any atom is 0.315 e. The Bertz CT molecular complexity index is 628. The zero-order valence-electron chi connectivity index (χ0n) is 14.0. The zero-order valence-corrected chi connectivity index (χ0v) is 14.0. The van der Waals surface area contributed by atoms with Gasteiger partial charge in [0.1, 0.15) is 24.2 Å². The second-order valence-electron chi connectivity index (χ2n) is 5.73. The van der Waals surface area contributed by atoms with Crippen molar-refractivity contribution in [1.82, 2.24) is 10.6 Å². The molecule has 0 bridgehead atoms. The molecule has 0 saturated carbocycles. The number of hydrogen-bond acceptors (Lipinski definition) is 4. The number of ether oxygens (including phenoxy) is 1. The summed E-state index contributed by atoms with van der Waals surface area (Å²) in [6.45, 7) is 4.61. The van der Waals surface area contributed by atoms with E-state index in [0.717, 1.165) is 11.3 Å². The van der Waals surface area contributed by atoms with E-state index in [-0.39, 0.29) is 12.1 Å². The highest BCUT2D eigenvalue weighted by molar-refractivity contribution is 5.74. The van der Waals surface area contributed by atoms with Crippen molar-refractivity contribution in [2.45, 2.75) is 32.4 Å². The molecule has 2 amide bonds. The molecule has 0 aliphatic heterocycles. The Hall–Kier alpha value is -2.47. The summed E-state index contributed by atoms with van der Waals surface area (Å²) in [5, 5.41) is 15.5. The first-order valence-electron chi connectivity index (χ1n) is 8.00. The number of benzene rings is 1. The van der Waals surface area contributed by atoms with Crippen LogP contribution in [0, 0.1) is 6.92 Å². The third-order valence-electron chi connectivity index (χ3n) is 3.47. The zero-order chi connectivity index (χ0) is 17.4. The first-order chi connectivity index (χ1) is 11.5. The van der Waals surface area contributed by atoms with Gasteiger partial charge in [0, 0.05) is 12.5 Å². The van der Waals surface area contributed by atoms with Crippen LogP contribution < -0.4 is 15.4 Å². The van der Waals surface area contributed by atoms with Gasteiger partial charge in [-0.25, -0.2) is 4.79 Å². The van der Waals surface area contributed by atoms with Crippen LogP contribution in [0.1, 0.15) is 30.8 Å². The van der Waals surface area contributed by atoms with Crippen LogP contribution in [0.4, 0.5) is 4.79 Å². The number of hydrogen-bond donors (Lipinski definition) is 3. The largest absolute Gasteiger partial charge is 0.492 e. The summed E-state index contributed by atoms with van der Waals surface area (Å²) in [6, 6.07) is 10.7. The number of carbonyl (C=O) groups is 1. The van der Waals surface area contributed by atoms with E-state index in [1.165, 1.54) is 6.26 Å². The van der Waals surface area contributed by atoms with E-state index in [2.05, 4.69) is 10.6 Å². The third kappa shape index (κ3) is 5.96. The minimum Gasteiger partial charge on any atom is -0.492 e. The van der Waals surface area contributed by atoms with Crippen LogP contribution in [0.15, 0.2) is 47.1 Å². The lowest BCUT2D eigenvalue weighted by Gasteiger charge is -2.17. The number of amides is 2. The highest BCUT2D eigenvalue weighted by Gasteiger charge is 2.16. The molecule has 2 aromatic rings. The average Bonchev–Trinajstić information content (AvgIpc) is 3.06. The molecule has 130 valence electrons. The van der Waals surface area contributed by atoms with Gasteiger partial charge in [-0.2, -0.15) is 0 Å². The molecule has 0 spiro atoms. The lowest BCUT2D eigenvalue weighted by Crippen LogP contribution is -2.42. The lowest BCUT2D eigenvalue weighted by atomic mass is 10.1. The summed E-state index contributed by atoms with van der Waals surface area (Å²) in [5.74, 6) is 1.28. The Balaban J connectivity index is 1.62. The minimum absolute atomic E-state index is 0.192. The molecule has 2 unspecified atom stereocenters. The predicted molar refractivity (Wildman–Crippen MR) is 91.0 cm³/mol. The summed E-state index contributed by atoms with van der Waals surface area (Å²) < 4.78 is 10.7. The highest BCUT2D eigenvalue weighted by Crippen LogP contribution is 2.18. The van der Waals surface area contributed by atoms with Gasteiger partial charge < -0.3 is 24.9 Å². The van der Waals surface area contributed by atoms with Crippen molar-refractivity contribution < 1.29 is 19.1 Å². The molecular weight excluding hydrogens is 308 g/mol. The topological polar surface area (TPSA) is 83.7 Å². The molecule has 1 aromatic carbocycles. The van der Waals surface area contributed by atoms with Gasteiger partial charge in [-0.1, -0.05) is 12.1 Å². The number of rotatable bonds is 8. The van der Waals surface area contributed by atoms with Crippen LogP contribution in [0.5, 0.6) is 5.75 Å². The molecule has 1 aromatic heterocycles. The molecule has 0 aliphatic rings. The number of nitrogens with one attached hydrogen (secondary N) is 2. The van der Waals surface area contributed by atoms with Crippen LogP contribution >= 0.6 is 0 Å². The second-order valence-corrected chi connectivity index (χ2v) is 5.73. The summed E-state index contributed by atoms with van der Waals surface area (Å²) in [7, 11) is 0. The van der Waals surface area contributed by atoms with Gasteiger partial charge in [-0.3, -0.25) is 0 Å². The molecule has 6 heteroatoms. The van der Waals surface area contributed by atoms with Crippen LogP contribution in [-0.2, 0) is 0 Å². The maximum atomic E-state index is 11.8. The monoisotopic (exact) mass is 332 g/mol. The second kappa shape index (κ2) is 8.98. The van der Waals surface area contributed by atoms with Crippen molar-refractivity contribution in [3.8, 4) is 5.75 Å². The van der Waals surface area contributed by atoms with E-state index in [0.29, 0.717) is 25.3 Å². The number of carbonyl (C=O) groups excluding carboxylic acids is 1. The van der Waals surface area contributed by atoms with Crippen LogP contribution in [0.3, 0.4) is 0 Å². The summed E-state index contributed by atoms with van der Waals surface area (Å²) in [5.41, 5.74) is 1.13. The van der Waals surface area contributed by atoms with Gasteiger partial charge in [0.25, 0.3) is 0 Å². The molecule has 1 heterocycles. The van der Waals surface area contributed by atoms with Crippen molar-refractivity contribution in [1.29, 1.82) is 0 Å². The lowest BCUT2D eigenvalue weighted by molar-refractivity contribution is 0.129. The van der Waals surface area contributed by atoms with Crippen molar-refractivity contribution in [3.05, 3.63) is 54.0 Å². The molecule has 0 radical (unpaired) electrons. The van der Waals surface area contributed by atoms with Gasteiger partial charge >= 0.3 is 6.03 Å². The summed E-state index contributed by atoms with van der Waals surface area (Å²) in [6.07, 6.45) is 1.15. The standard InChI is InChI=1S/C18H24N2O4/c1-13-5-3-6-15(11-13)23-10-8-19-18(22)20-14(2)12-16(21)17-7-4-9-24-17/h3-7,9,11,14,16,21H,8,10,12H2,1-2H3,(H2,19,20,22). The Kier molecular flexibility index (Phi) is 6.69. The smallest absolute Gasteiger partial charge is 0.315 e. The van der Waals surface area contributed by atoms with Gasteiger partial charge in [0.15, 0.2) is 0 Å². The molecule has 6 nitrogen and oxygen atoms in total. The Morgan fingerprint density at radius 1 is 1.33 bits per heavy atom. The number of aliphatic hydroxyl groups excluding tert-OH is 1. The average molecular weight is 332 g/mol. The first kappa shape index (κ1) is 17.9. The predicted octanol–water partition coefficient (Wildman–Crippen LogP) is 2.78. The quantitative estimate of drug-likeness (QED) is 0.649. The molecule has 24 heavy (non-hydrogen) atoms. The van der Waals surface area contributed by atoms with E-state index in [9.17, 15) is 9.90 Å². The minimum atomic E-state index is -0.736. The highest BCUT2D eigenvalue weighted by atomic mass is 16.5. The Morgan fingerprint density at radius 3 is 2.88 bits per heavy atom. The van der Waals surface area contributed by atoms with E-state index in [1.54, 1.807) is 12.1 Å². The van der Waals surface area contributed by atoms with Gasteiger partial charge in [0.2, 0.25) is 0 Å². The number of furan rings is 1. The van der Waals surface area contributed by atoms with Crippen molar-refractivity contribution in [2.24, 2.45) is 0 Å². The molecule has 0 saturated heterocycles.